The van der Waals surface area contributed by atoms with Crippen LogP contribution in [0.3, 0.4) is 0 Å². The summed E-state index contributed by atoms with van der Waals surface area (Å²) in [6.45, 7) is 2.03. The molecule has 140 valence electrons. The number of aliphatic hydroxyl groups is 2. The smallest absolute Gasteiger partial charge is 0.412 e. The van der Waals surface area contributed by atoms with Crippen LogP contribution in [0.25, 0.3) is 0 Å². The Morgan fingerprint density at radius 1 is 1.08 bits per heavy atom. The van der Waals surface area contributed by atoms with E-state index in [0.29, 0.717) is 17.9 Å². The van der Waals surface area contributed by atoms with Gasteiger partial charge in [-0.2, -0.15) is 0 Å². The molecule has 6 heteroatoms. The fourth-order valence-electron chi connectivity index (χ4n) is 2.60. The lowest BCUT2D eigenvalue weighted by Crippen LogP contribution is -2.22. The normalized spacial score (nSPS) is 12.9. The van der Waals surface area contributed by atoms with Gasteiger partial charge in [-0.25, -0.2) is 4.79 Å². The Hall–Kier alpha value is -2.57. The number of ether oxygens (including phenoxy) is 2. The lowest BCUT2D eigenvalue weighted by atomic mass is 9.94. The topological polar surface area (TPSA) is 88.0 Å². The maximum Gasteiger partial charge on any atom is 0.412 e. The van der Waals surface area contributed by atoms with Crippen LogP contribution in [-0.2, 0) is 4.74 Å². The van der Waals surface area contributed by atoms with Gasteiger partial charge in [0.2, 0.25) is 0 Å². The number of aliphatic hydroxyl groups excluding tert-OH is 2. The van der Waals surface area contributed by atoms with Crippen LogP contribution in [0.4, 0.5) is 10.5 Å². The van der Waals surface area contributed by atoms with Crippen LogP contribution >= 0.6 is 0 Å². The second-order valence-corrected chi connectivity index (χ2v) is 5.95. The number of carbonyl (C=O) groups is 1. The number of hydrogen-bond donors (Lipinski definition) is 3. The van der Waals surface area contributed by atoms with Crippen molar-refractivity contribution in [3.05, 3.63) is 60.2 Å². The number of rotatable bonds is 9. The standard InChI is InChI=1S/C20H25NO5/c1-15(10-11-22)19(16-6-5-9-18(14-16)25-13-12-23)26-20(24)21-17-7-3-2-4-8-17/h2-9,14-15,19,22-23H,10-13H2,1H3,(H,21,24)/t15-,19+/m1/s1. The van der Waals surface area contributed by atoms with E-state index in [9.17, 15) is 9.90 Å². The van der Waals surface area contributed by atoms with E-state index in [4.69, 9.17) is 14.6 Å². The number of hydrogen-bond acceptors (Lipinski definition) is 5. The van der Waals surface area contributed by atoms with Crippen LogP contribution in [0.1, 0.15) is 25.0 Å². The first-order valence-corrected chi connectivity index (χ1v) is 8.61. The molecule has 2 aromatic carbocycles. The Kier molecular flexibility index (Phi) is 7.92. The van der Waals surface area contributed by atoms with Crippen molar-refractivity contribution >= 4 is 11.8 Å². The highest BCUT2D eigenvalue weighted by atomic mass is 16.6. The van der Waals surface area contributed by atoms with E-state index in [0.717, 1.165) is 5.56 Å². The molecule has 2 aromatic rings. The number of nitrogens with one attached hydrogen (secondary N) is 1. The summed E-state index contributed by atoms with van der Waals surface area (Å²) in [4.78, 5) is 12.3. The molecule has 0 aliphatic rings. The van der Waals surface area contributed by atoms with Crippen molar-refractivity contribution in [1.29, 1.82) is 0 Å². The Balaban J connectivity index is 2.14. The summed E-state index contributed by atoms with van der Waals surface area (Å²) in [5.74, 6) is 0.499. The number of carbonyl (C=O) groups excluding carboxylic acids is 1. The van der Waals surface area contributed by atoms with Crippen LogP contribution in [0.2, 0.25) is 0 Å². The zero-order valence-corrected chi connectivity index (χ0v) is 14.8. The van der Waals surface area contributed by atoms with Crippen LogP contribution in [0, 0.1) is 5.92 Å². The zero-order chi connectivity index (χ0) is 18.8. The SMILES string of the molecule is C[C@H](CCO)[C@H](OC(=O)Nc1ccccc1)c1cccc(OCCO)c1. The molecule has 0 aliphatic carbocycles. The minimum atomic E-state index is -0.562. The van der Waals surface area contributed by atoms with Crippen molar-refractivity contribution in [2.45, 2.75) is 19.4 Å². The molecule has 0 aliphatic heterocycles. The van der Waals surface area contributed by atoms with Crippen LogP contribution < -0.4 is 10.1 Å². The molecule has 3 N–H and O–H groups in total. The lowest BCUT2D eigenvalue weighted by Gasteiger charge is -2.24. The van der Waals surface area contributed by atoms with E-state index < -0.39 is 12.2 Å². The molecular weight excluding hydrogens is 334 g/mol. The minimum absolute atomic E-state index is 0.00202. The average Bonchev–Trinajstić information content (AvgIpc) is 2.65. The molecule has 0 bridgehead atoms. The molecule has 0 unspecified atom stereocenters. The van der Waals surface area contributed by atoms with Gasteiger partial charge in [-0.3, -0.25) is 5.32 Å². The first-order valence-electron chi connectivity index (χ1n) is 8.61. The van der Waals surface area contributed by atoms with E-state index in [1.54, 1.807) is 30.3 Å². The van der Waals surface area contributed by atoms with Crippen LogP contribution in [0.5, 0.6) is 5.75 Å². The third kappa shape index (κ3) is 6.06. The van der Waals surface area contributed by atoms with E-state index in [2.05, 4.69) is 5.32 Å². The highest BCUT2D eigenvalue weighted by Crippen LogP contribution is 2.31. The van der Waals surface area contributed by atoms with Gasteiger partial charge in [0.05, 0.1) is 6.61 Å². The highest BCUT2D eigenvalue weighted by Gasteiger charge is 2.24. The summed E-state index contributed by atoms with van der Waals surface area (Å²) >= 11 is 0. The Morgan fingerprint density at radius 3 is 2.54 bits per heavy atom. The van der Waals surface area contributed by atoms with Crippen molar-refractivity contribution in [2.75, 3.05) is 25.1 Å². The predicted molar refractivity (Wildman–Crippen MR) is 99.2 cm³/mol. The van der Waals surface area contributed by atoms with E-state index in [-0.39, 0.29) is 25.7 Å². The van der Waals surface area contributed by atoms with Gasteiger partial charge in [0.15, 0.2) is 0 Å². The first-order chi connectivity index (χ1) is 12.6. The second-order valence-electron chi connectivity index (χ2n) is 5.95. The molecule has 1 amide bonds. The third-order valence-corrected chi connectivity index (χ3v) is 3.90. The predicted octanol–water partition coefficient (Wildman–Crippen LogP) is 3.37. The quantitative estimate of drug-likeness (QED) is 0.639. The van der Waals surface area contributed by atoms with Gasteiger partial charge in [-0.05, 0) is 42.2 Å². The van der Waals surface area contributed by atoms with Crippen LogP contribution in [0.15, 0.2) is 54.6 Å². The molecule has 0 spiro atoms. The van der Waals surface area contributed by atoms with Gasteiger partial charge in [-0.1, -0.05) is 37.3 Å². The molecule has 0 heterocycles. The van der Waals surface area contributed by atoms with Gasteiger partial charge in [-0.15, -0.1) is 0 Å². The van der Waals surface area contributed by atoms with Gasteiger partial charge in [0.25, 0.3) is 0 Å². The van der Waals surface area contributed by atoms with Gasteiger partial charge >= 0.3 is 6.09 Å². The Bertz CT molecular complexity index is 677. The highest BCUT2D eigenvalue weighted by molar-refractivity contribution is 5.84. The number of anilines is 1. The summed E-state index contributed by atoms with van der Waals surface area (Å²) in [5, 5.41) is 20.9. The molecule has 2 atom stereocenters. The van der Waals surface area contributed by atoms with Gasteiger partial charge < -0.3 is 19.7 Å². The number of para-hydroxylation sites is 1. The summed E-state index contributed by atoms with van der Waals surface area (Å²) in [6, 6.07) is 16.3. The van der Waals surface area contributed by atoms with E-state index in [1.807, 2.05) is 31.2 Å². The monoisotopic (exact) mass is 359 g/mol. The van der Waals surface area contributed by atoms with Crippen molar-refractivity contribution in [2.24, 2.45) is 5.92 Å². The second kappa shape index (κ2) is 10.4. The zero-order valence-electron chi connectivity index (χ0n) is 14.8. The average molecular weight is 359 g/mol. The first kappa shape index (κ1) is 19.8. The molecule has 0 saturated carbocycles. The van der Waals surface area contributed by atoms with Gasteiger partial charge in [0.1, 0.15) is 18.5 Å². The lowest BCUT2D eigenvalue weighted by molar-refractivity contribution is 0.0665. The minimum Gasteiger partial charge on any atom is -0.491 e. The number of benzene rings is 2. The molecular formula is C20H25NO5. The van der Waals surface area contributed by atoms with Crippen LogP contribution in [-0.4, -0.2) is 36.1 Å². The molecule has 0 saturated heterocycles. The Morgan fingerprint density at radius 2 is 1.85 bits per heavy atom. The fourth-order valence-corrected chi connectivity index (χ4v) is 2.60. The summed E-state index contributed by atoms with van der Waals surface area (Å²) in [7, 11) is 0. The molecule has 6 nitrogen and oxygen atoms in total. The largest absolute Gasteiger partial charge is 0.491 e. The van der Waals surface area contributed by atoms with E-state index in [1.165, 1.54) is 0 Å². The van der Waals surface area contributed by atoms with Crippen molar-refractivity contribution in [1.82, 2.24) is 0 Å². The third-order valence-electron chi connectivity index (χ3n) is 3.90. The summed E-state index contributed by atoms with van der Waals surface area (Å²) in [5.41, 5.74) is 1.41. The fraction of sp³-hybridized carbons (Fsp3) is 0.350. The molecule has 0 aromatic heterocycles. The van der Waals surface area contributed by atoms with Gasteiger partial charge in [0, 0.05) is 12.3 Å². The maximum atomic E-state index is 12.3. The van der Waals surface area contributed by atoms with E-state index >= 15 is 0 Å². The van der Waals surface area contributed by atoms with Crippen molar-refractivity contribution in [3.63, 3.8) is 0 Å². The van der Waals surface area contributed by atoms with Crippen molar-refractivity contribution < 1.29 is 24.5 Å². The Labute approximate surface area is 153 Å². The molecule has 0 fully saturated rings. The molecule has 26 heavy (non-hydrogen) atoms. The summed E-state index contributed by atoms with van der Waals surface area (Å²) in [6.07, 6.45) is -0.610. The van der Waals surface area contributed by atoms with Crippen molar-refractivity contribution in [3.8, 4) is 5.75 Å². The number of amides is 1. The molecule has 0 radical (unpaired) electrons. The molecule has 2 rings (SSSR count). The summed E-state index contributed by atoms with van der Waals surface area (Å²) < 4.78 is 11.1. The maximum absolute atomic E-state index is 12.3.